The summed E-state index contributed by atoms with van der Waals surface area (Å²) in [5, 5.41) is 5.93. The number of nitrogens with zero attached hydrogens (tertiary/aromatic N) is 1. The second-order valence-electron chi connectivity index (χ2n) is 4.96. The second-order valence-corrected chi connectivity index (χ2v) is 6.07. The van der Waals surface area contributed by atoms with E-state index in [9.17, 15) is 18.0 Å². The molecule has 25 heavy (non-hydrogen) atoms. The molecule has 0 bridgehead atoms. The largest absolute Gasteiger partial charge is 0.573 e. The number of ether oxygens (including phenoxy) is 1. The number of hydrogen-bond acceptors (Lipinski definition) is 4. The number of benzene rings is 2. The summed E-state index contributed by atoms with van der Waals surface area (Å²) in [6.07, 6.45) is -4.75. The van der Waals surface area contributed by atoms with Crippen molar-refractivity contribution >= 4 is 33.3 Å². The van der Waals surface area contributed by atoms with Crippen LogP contribution in [0.15, 0.2) is 48.5 Å². The van der Waals surface area contributed by atoms with Crippen molar-refractivity contribution in [3.63, 3.8) is 0 Å². The fraction of sp³-hybridized carbons (Fsp3) is 0.125. The van der Waals surface area contributed by atoms with Crippen molar-refractivity contribution in [2.45, 2.75) is 12.9 Å². The fourth-order valence-electron chi connectivity index (χ4n) is 2.07. The van der Waals surface area contributed by atoms with Crippen LogP contribution >= 0.6 is 11.3 Å². The van der Waals surface area contributed by atoms with E-state index in [1.807, 2.05) is 24.3 Å². The van der Waals surface area contributed by atoms with Crippen molar-refractivity contribution in [2.24, 2.45) is 0 Å². The highest BCUT2D eigenvalue weighted by Crippen LogP contribution is 2.24. The molecule has 3 rings (SSSR count). The molecule has 2 aromatic carbocycles. The van der Waals surface area contributed by atoms with Crippen molar-refractivity contribution in [3.8, 4) is 5.75 Å². The maximum Gasteiger partial charge on any atom is 0.573 e. The fourth-order valence-corrected chi connectivity index (χ4v) is 2.97. The average Bonchev–Trinajstić information content (AvgIpc) is 2.96. The summed E-state index contributed by atoms with van der Waals surface area (Å²) in [5.41, 5.74) is 1.21. The molecule has 5 nitrogen and oxygen atoms in total. The first-order valence-electron chi connectivity index (χ1n) is 7.14. The Morgan fingerprint density at radius 1 is 1.12 bits per heavy atom. The highest BCUT2D eigenvalue weighted by Gasteiger charge is 2.30. The summed E-state index contributed by atoms with van der Waals surface area (Å²) in [6.45, 7) is 0.250. The van der Waals surface area contributed by atoms with Gasteiger partial charge in [-0.25, -0.2) is 9.78 Å². The normalized spacial score (nSPS) is 11.3. The van der Waals surface area contributed by atoms with Gasteiger partial charge in [-0.3, -0.25) is 0 Å². The molecule has 0 spiro atoms. The molecule has 0 aliphatic rings. The van der Waals surface area contributed by atoms with Gasteiger partial charge in [-0.05, 0) is 36.4 Å². The van der Waals surface area contributed by atoms with Gasteiger partial charge in [0.2, 0.25) is 0 Å². The summed E-state index contributed by atoms with van der Waals surface area (Å²) in [4.78, 5) is 16.2. The number of carbonyl (C=O) groups is 1. The first-order chi connectivity index (χ1) is 11.9. The molecule has 0 radical (unpaired) electrons. The molecule has 2 N–H and O–H groups in total. The van der Waals surface area contributed by atoms with Crippen LogP contribution in [0.5, 0.6) is 5.75 Å². The second kappa shape index (κ2) is 6.98. The summed E-state index contributed by atoms with van der Waals surface area (Å²) >= 11 is 1.48. The van der Waals surface area contributed by atoms with Crippen molar-refractivity contribution in [3.05, 3.63) is 53.5 Å². The molecule has 1 aromatic heterocycles. The van der Waals surface area contributed by atoms with Gasteiger partial charge in [-0.15, -0.1) is 24.5 Å². The molecular weight excluding hydrogens is 355 g/mol. The van der Waals surface area contributed by atoms with E-state index in [4.69, 9.17) is 0 Å². The van der Waals surface area contributed by atoms with Gasteiger partial charge in [0.15, 0.2) is 0 Å². The number of aromatic nitrogens is 1. The maximum atomic E-state index is 12.1. The molecule has 0 atom stereocenters. The molecule has 0 saturated heterocycles. The van der Waals surface area contributed by atoms with Gasteiger partial charge >= 0.3 is 12.4 Å². The van der Waals surface area contributed by atoms with Gasteiger partial charge in [0, 0.05) is 5.69 Å². The molecule has 0 aliphatic carbocycles. The lowest BCUT2D eigenvalue weighted by molar-refractivity contribution is -0.274. The smallest absolute Gasteiger partial charge is 0.406 e. The Hall–Kier alpha value is -2.81. The van der Waals surface area contributed by atoms with Crippen LogP contribution in [0.4, 0.5) is 23.7 Å². The Bertz CT molecular complexity index is 845. The standard InChI is InChI=1S/C16H12F3N3O2S/c17-16(18,19)24-11-7-5-10(6-8-11)21-15(23)20-9-14-22-12-3-1-2-4-13(12)25-14/h1-8H,9H2,(H2,20,21,23). The van der Waals surface area contributed by atoms with Crippen molar-refractivity contribution in [1.82, 2.24) is 10.3 Å². The summed E-state index contributed by atoms with van der Waals surface area (Å²) < 4.78 is 41.0. The van der Waals surface area contributed by atoms with Gasteiger partial charge in [0.05, 0.1) is 16.8 Å². The van der Waals surface area contributed by atoms with Gasteiger partial charge in [0.25, 0.3) is 0 Å². The van der Waals surface area contributed by atoms with Crippen LogP contribution in [0.1, 0.15) is 5.01 Å². The maximum absolute atomic E-state index is 12.1. The zero-order valence-electron chi connectivity index (χ0n) is 12.6. The molecule has 0 fully saturated rings. The van der Waals surface area contributed by atoms with E-state index in [0.29, 0.717) is 5.69 Å². The summed E-state index contributed by atoms with van der Waals surface area (Å²) in [5.74, 6) is -0.354. The van der Waals surface area contributed by atoms with Gasteiger partial charge in [-0.2, -0.15) is 0 Å². The predicted octanol–water partition coefficient (Wildman–Crippen LogP) is 4.52. The van der Waals surface area contributed by atoms with E-state index in [2.05, 4.69) is 20.4 Å². The number of anilines is 1. The number of thiazole rings is 1. The lowest BCUT2D eigenvalue weighted by Gasteiger charge is -2.10. The SMILES string of the molecule is O=C(NCc1nc2ccccc2s1)Nc1ccc(OC(F)(F)F)cc1. The van der Waals surface area contributed by atoms with E-state index in [1.54, 1.807) is 0 Å². The number of alkyl halides is 3. The summed E-state index contributed by atoms with van der Waals surface area (Å²) in [6, 6.07) is 12.0. The third-order valence-corrected chi connectivity index (χ3v) is 4.12. The van der Waals surface area contributed by atoms with Crippen molar-refractivity contribution < 1.29 is 22.7 Å². The first-order valence-corrected chi connectivity index (χ1v) is 7.96. The topological polar surface area (TPSA) is 63.2 Å². The Kier molecular flexibility index (Phi) is 4.75. The van der Waals surface area contributed by atoms with Crippen molar-refractivity contribution in [1.29, 1.82) is 0 Å². The number of nitrogens with one attached hydrogen (secondary N) is 2. The van der Waals surface area contributed by atoms with Crippen LogP contribution < -0.4 is 15.4 Å². The lowest BCUT2D eigenvalue weighted by Crippen LogP contribution is -2.28. The number of halogens is 3. The summed E-state index contributed by atoms with van der Waals surface area (Å²) in [7, 11) is 0. The molecular formula is C16H12F3N3O2S. The van der Waals surface area contributed by atoms with Crippen LogP contribution in [-0.4, -0.2) is 17.4 Å². The molecule has 130 valence electrons. The number of amides is 2. The number of fused-ring (bicyclic) bond motifs is 1. The van der Waals surface area contributed by atoms with Gasteiger partial charge in [-0.1, -0.05) is 12.1 Å². The third kappa shape index (κ3) is 4.83. The average molecular weight is 367 g/mol. The number of rotatable bonds is 4. The molecule has 2 amide bonds. The van der Waals surface area contributed by atoms with E-state index < -0.39 is 12.4 Å². The van der Waals surface area contributed by atoms with Crippen molar-refractivity contribution in [2.75, 3.05) is 5.32 Å². The van der Waals surface area contributed by atoms with Gasteiger partial charge < -0.3 is 15.4 Å². The van der Waals surface area contributed by atoms with E-state index in [1.165, 1.54) is 23.5 Å². The number of hydrogen-bond donors (Lipinski definition) is 2. The molecule has 1 heterocycles. The van der Waals surface area contributed by atoms with Crippen LogP contribution in [0.3, 0.4) is 0 Å². The molecule has 3 aromatic rings. The Balaban J connectivity index is 1.53. The number of carbonyl (C=O) groups excluding carboxylic acids is 1. The van der Waals surface area contributed by atoms with Crippen LogP contribution in [-0.2, 0) is 6.54 Å². The minimum atomic E-state index is -4.75. The van der Waals surface area contributed by atoms with Crippen LogP contribution in [0, 0.1) is 0 Å². The Morgan fingerprint density at radius 2 is 1.84 bits per heavy atom. The molecule has 0 unspecified atom stereocenters. The third-order valence-electron chi connectivity index (χ3n) is 3.08. The predicted molar refractivity (Wildman–Crippen MR) is 88.6 cm³/mol. The van der Waals surface area contributed by atoms with Gasteiger partial charge in [0.1, 0.15) is 10.8 Å². The number of urea groups is 1. The van der Waals surface area contributed by atoms with E-state index in [0.717, 1.165) is 27.4 Å². The van der Waals surface area contributed by atoms with E-state index in [-0.39, 0.29) is 12.3 Å². The zero-order valence-corrected chi connectivity index (χ0v) is 13.4. The zero-order chi connectivity index (χ0) is 17.9. The number of para-hydroxylation sites is 1. The minimum Gasteiger partial charge on any atom is -0.406 e. The molecule has 9 heteroatoms. The molecule has 0 saturated carbocycles. The Morgan fingerprint density at radius 3 is 2.52 bits per heavy atom. The lowest BCUT2D eigenvalue weighted by atomic mass is 10.3. The highest BCUT2D eigenvalue weighted by molar-refractivity contribution is 7.18. The van der Waals surface area contributed by atoms with Crippen LogP contribution in [0.2, 0.25) is 0 Å². The Labute approximate surface area is 144 Å². The van der Waals surface area contributed by atoms with E-state index >= 15 is 0 Å². The quantitative estimate of drug-likeness (QED) is 0.713. The van der Waals surface area contributed by atoms with Crippen LogP contribution in [0.25, 0.3) is 10.2 Å². The monoisotopic (exact) mass is 367 g/mol. The minimum absolute atomic E-state index is 0.250. The highest BCUT2D eigenvalue weighted by atomic mass is 32.1. The first kappa shape index (κ1) is 17.0. The molecule has 0 aliphatic heterocycles.